The lowest BCUT2D eigenvalue weighted by atomic mass is 10.0. The van der Waals surface area contributed by atoms with Gasteiger partial charge in [0.1, 0.15) is 5.00 Å². The number of likely N-dealkylation sites (N-methyl/N-ethyl adjacent to an activating group) is 1. The lowest BCUT2D eigenvalue weighted by molar-refractivity contribution is -0.111. The molecular weight excluding hydrogens is 342 g/mol. The molecule has 5 nitrogen and oxygen atoms in total. The van der Waals surface area contributed by atoms with Crippen LogP contribution in [0.2, 0.25) is 0 Å². The molecule has 0 aromatic carbocycles. The van der Waals surface area contributed by atoms with E-state index in [1.165, 1.54) is 17.4 Å². The summed E-state index contributed by atoms with van der Waals surface area (Å²) in [7, 11) is 0. The molecule has 0 radical (unpaired) electrons. The molecule has 2 aromatic heterocycles. The highest BCUT2D eigenvalue weighted by molar-refractivity contribution is 7.17. The van der Waals surface area contributed by atoms with Gasteiger partial charge in [-0.2, -0.15) is 0 Å². The van der Waals surface area contributed by atoms with Crippen LogP contribution in [0, 0.1) is 0 Å². The standard InChI is InChI=1S/C17H19N3O2S2/c1-2-20-8-7-12-13(10-20)24-17(15(12)16(18)22)19-14(21)6-5-11-4-3-9-23-11/h3-6,9H,2,7-8,10H2,1H3,(H2,18,22)(H,19,21)/b6-5+. The smallest absolute Gasteiger partial charge is 0.251 e. The number of nitrogens with zero attached hydrogens (tertiary/aromatic N) is 1. The molecule has 0 saturated heterocycles. The number of thiophene rings is 2. The summed E-state index contributed by atoms with van der Waals surface area (Å²) < 4.78 is 0. The molecule has 0 spiro atoms. The molecule has 0 atom stereocenters. The van der Waals surface area contributed by atoms with Crippen LogP contribution in [-0.2, 0) is 17.8 Å². The molecule has 2 aromatic rings. The predicted octanol–water partition coefficient (Wildman–Crippen LogP) is 2.94. The van der Waals surface area contributed by atoms with Gasteiger partial charge in [0.05, 0.1) is 5.56 Å². The molecule has 126 valence electrons. The van der Waals surface area contributed by atoms with Gasteiger partial charge in [-0.25, -0.2) is 0 Å². The Kier molecular flexibility index (Phi) is 5.13. The number of anilines is 1. The summed E-state index contributed by atoms with van der Waals surface area (Å²) in [6.07, 6.45) is 4.03. The van der Waals surface area contributed by atoms with Crippen LogP contribution in [0.5, 0.6) is 0 Å². The summed E-state index contributed by atoms with van der Waals surface area (Å²) in [4.78, 5) is 28.5. The van der Waals surface area contributed by atoms with E-state index in [0.29, 0.717) is 10.6 Å². The van der Waals surface area contributed by atoms with Gasteiger partial charge in [0.25, 0.3) is 5.91 Å². The van der Waals surface area contributed by atoms with Gasteiger partial charge in [0, 0.05) is 28.9 Å². The van der Waals surface area contributed by atoms with Crippen LogP contribution in [0.4, 0.5) is 5.00 Å². The summed E-state index contributed by atoms with van der Waals surface area (Å²) in [6, 6.07) is 3.87. The number of nitrogens with two attached hydrogens (primary N) is 1. The lowest BCUT2D eigenvalue weighted by Gasteiger charge is -2.25. The van der Waals surface area contributed by atoms with Gasteiger partial charge in [-0.1, -0.05) is 13.0 Å². The van der Waals surface area contributed by atoms with Crippen LogP contribution < -0.4 is 11.1 Å². The molecule has 7 heteroatoms. The summed E-state index contributed by atoms with van der Waals surface area (Å²) in [6.45, 7) is 4.80. The SMILES string of the molecule is CCN1CCc2c(sc(NC(=O)/C=C/c3cccs3)c2C(N)=O)C1. The first-order valence-electron chi connectivity index (χ1n) is 7.77. The Balaban J connectivity index is 1.81. The molecular formula is C17H19N3O2S2. The molecule has 24 heavy (non-hydrogen) atoms. The van der Waals surface area contributed by atoms with Crippen molar-refractivity contribution >= 4 is 45.6 Å². The second-order valence-corrected chi connectivity index (χ2v) is 7.61. The minimum absolute atomic E-state index is 0.253. The number of fused-ring (bicyclic) bond motifs is 1. The van der Waals surface area contributed by atoms with Crippen LogP contribution in [0.1, 0.15) is 32.6 Å². The molecule has 3 heterocycles. The van der Waals surface area contributed by atoms with Crippen molar-refractivity contribution in [3.05, 3.63) is 44.5 Å². The van der Waals surface area contributed by atoms with Gasteiger partial charge < -0.3 is 11.1 Å². The van der Waals surface area contributed by atoms with E-state index in [1.807, 2.05) is 17.5 Å². The van der Waals surface area contributed by atoms with Crippen molar-refractivity contribution < 1.29 is 9.59 Å². The Morgan fingerprint density at radius 2 is 2.29 bits per heavy atom. The minimum Gasteiger partial charge on any atom is -0.365 e. The summed E-state index contributed by atoms with van der Waals surface area (Å²) in [5, 5.41) is 5.34. The molecule has 2 amide bonds. The Bertz CT molecular complexity index is 778. The number of amides is 2. The van der Waals surface area contributed by atoms with Crippen molar-refractivity contribution in [2.45, 2.75) is 19.9 Å². The zero-order chi connectivity index (χ0) is 17.1. The van der Waals surface area contributed by atoms with Crippen LogP contribution in [-0.4, -0.2) is 29.8 Å². The maximum absolute atomic E-state index is 12.2. The third kappa shape index (κ3) is 3.58. The summed E-state index contributed by atoms with van der Waals surface area (Å²) in [5.74, 6) is -0.730. The van der Waals surface area contributed by atoms with Gasteiger partial charge in [0.15, 0.2) is 0 Å². The van der Waals surface area contributed by atoms with Crippen LogP contribution in [0.3, 0.4) is 0 Å². The van der Waals surface area contributed by atoms with Crippen LogP contribution >= 0.6 is 22.7 Å². The Labute approximate surface area is 148 Å². The average Bonchev–Trinajstić information content (AvgIpc) is 3.19. The first kappa shape index (κ1) is 16.9. The highest BCUT2D eigenvalue weighted by atomic mass is 32.1. The third-order valence-corrected chi connectivity index (χ3v) is 5.98. The summed E-state index contributed by atoms with van der Waals surface area (Å²) >= 11 is 3.02. The van der Waals surface area contributed by atoms with Crippen molar-refractivity contribution in [2.75, 3.05) is 18.4 Å². The third-order valence-electron chi connectivity index (χ3n) is 4.01. The van der Waals surface area contributed by atoms with E-state index in [-0.39, 0.29) is 5.91 Å². The Hall–Kier alpha value is -1.96. The number of rotatable bonds is 5. The highest BCUT2D eigenvalue weighted by Crippen LogP contribution is 2.36. The zero-order valence-corrected chi connectivity index (χ0v) is 15.0. The van der Waals surface area contributed by atoms with E-state index in [9.17, 15) is 9.59 Å². The van der Waals surface area contributed by atoms with Crippen LogP contribution in [0.25, 0.3) is 6.08 Å². The first-order valence-corrected chi connectivity index (χ1v) is 9.47. The maximum atomic E-state index is 12.2. The number of hydrogen-bond acceptors (Lipinski definition) is 5. The molecule has 3 rings (SSSR count). The molecule has 1 aliphatic rings. The van der Waals surface area contributed by atoms with E-state index in [1.54, 1.807) is 17.4 Å². The van der Waals surface area contributed by atoms with Gasteiger partial charge in [-0.3, -0.25) is 14.5 Å². The highest BCUT2D eigenvalue weighted by Gasteiger charge is 2.26. The molecule has 0 bridgehead atoms. The van der Waals surface area contributed by atoms with E-state index in [0.717, 1.165) is 41.4 Å². The second kappa shape index (κ2) is 7.29. The Morgan fingerprint density at radius 1 is 1.46 bits per heavy atom. The maximum Gasteiger partial charge on any atom is 0.251 e. The van der Waals surface area contributed by atoms with Crippen molar-refractivity contribution in [2.24, 2.45) is 5.73 Å². The van der Waals surface area contributed by atoms with E-state index in [4.69, 9.17) is 5.73 Å². The van der Waals surface area contributed by atoms with Crippen LogP contribution in [0.15, 0.2) is 23.6 Å². The largest absolute Gasteiger partial charge is 0.365 e. The molecule has 0 aliphatic carbocycles. The minimum atomic E-state index is -0.477. The quantitative estimate of drug-likeness (QED) is 0.804. The fraction of sp³-hybridized carbons (Fsp3) is 0.294. The van der Waals surface area contributed by atoms with Crippen molar-refractivity contribution in [1.29, 1.82) is 0 Å². The Morgan fingerprint density at radius 3 is 2.96 bits per heavy atom. The van der Waals surface area contributed by atoms with Gasteiger partial charge in [0.2, 0.25) is 5.91 Å². The van der Waals surface area contributed by atoms with Crippen molar-refractivity contribution in [3.8, 4) is 0 Å². The molecule has 1 aliphatic heterocycles. The molecule has 0 saturated carbocycles. The van der Waals surface area contributed by atoms with E-state index in [2.05, 4.69) is 17.1 Å². The van der Waals surface area contributed by atoms with E-state index < -0.39 is 5.91 Å². The number of carbonyl (C=O) groups excluding carboxylic acids is 2. The normalized spacial score (nSPS) is 14.7. The lowest BCUT2D eigenvalue weighted by Crippen LogP contribution is -2.30. The fourth-order valence-electron chi connectivity index (χ4n) is 2.77. The van der Waals surface area contributed by atoms with Gasteiger partial charge in [-0.15, -0.1) is 22.7 Å². The number of hydrogen-bond donors (Lipinski definition) is 2. The zero-order valence-electron chi connectivity index (χ0n) is 13.4. The first-order chi connectivity index (χ1) is 11.6. The van der Waals surface area contributed by atoms with Gasteiger partial charge >= 0.3 is 0 Å². The topological polar surface area (TPSA) is 75.4 Å². The van der Waals surface area contributed by atoms with Crippen molar-refractivity contribution in [1.82, 2.24) is 4.90 Å². The monoisotopic (exact) mass is 361 g/mol. The fourth-order valence-corrected chi connectivity index (χ4v) is 4.69. The second-order valence-electron chi connectivity index (χ2n) is 5.53. The molecule has 3 N–H and O–H groups in total. The van der Waals surface area contributed by atoms with Gasteiger partial charge in [-0.05, 0) is 36.1 Å². The van der Waals surface area contributed by atoms with E-state index >= 15 is 0 Å². The number of nitrogens with one attached hydrogen (secondary N) is 1. The average molecular weight is 361 g/mol. The number of primary amides is 1. The molecule has 0 fully saturated rings. The number of carbonyl (C=O) groups is 2. The summed E-state index contributed by atoms with van der Waals surface area (Å²) in [5.41, 5.74) is 7.03. The molecule has 0 unspecified atom stereocenters. The predicted molar refractivity (Wildman–Crippen MR) is 99.5 cm³/mol. The van der Waals surface area contributed by atoms with Crippen molar-refractivity contribution in [3.63, 3.8) is 0 Å².